The lowest BCUT2D eigenvalue weighted by Crippen LogP contribution is -2.01. The number of aryl methyl sites for hydroxylation is 1. The molecule has 0 aliphatic rings. The second-order valence-electron chi connectivity index (χ2n) is 6.69. The van der Waals surface area contributed by atoms with Gasteiger partial charge in [-0.05, 0) is 36.6 Å². The molecule has 0 heterocycles. The van der Waals surface area contributed by atoms with Crippen LogP contribution >= 0.6 is 0 Å². The van der Waals surface area contributed by atoms with Gasteiger partial charge in [0.15, 0.2) is 0 Å². The maximum atomic E-state index is 11.5. The van der Waals surface area contributed by atoms with E-state index in [1.165, 1.54) is 37.8 Å². The van der Waals surface area contributed by atoms with Crippen LogP contribution < -0.4 is 4.74 Å². The number of aromatic hydroxyl groups is 1. The van der Waals surface area contributed by atoms with E-state index in [1.807, 2.05) is 18.2 Å². The van der Waals surface area contributed by atoms with Gasteiger partial charge in [-0.25, -0.2) is 0 Å². The molecule has 148 valence electrons. The van der Waals surface area contributed by atoms with Crippen molar-refractivity contribution in [3.8, 4) is 17.2 Å². The first-order valence-corrected chi connectivity index (χ1v) is 10.9. The van der Waals surface area contributed by atoms with Gasteiger partial charge in [0.05, 0.1) is 0 Å². The molecule has 0 fully saturated rings. The molecule has 0 amide bonds. The predicted octanol–water partition coefficient (Wildman–Crippen LogP) is 5.72. The number of para-hydroxylation sites is 1. The standard InChI is InChI=1S/C21H28O5S/c1-2-3-4-5-6-7-9-12-17-15-19(22)21(27(23,24)25)16-20(17)26-18-13-10-8-11-14-18/h8,10-11,13-16,22H,2-7,9,12H2,1H3,(H,23,24,25). The number of unbranched alkanes of at least 4 members (excludes halogenated alkanes) is 6. The molecule has 2 aromatic carbocycles. The molecule has 27 heavy (non-hydrogen) atoms. The van der Waals surface area contributed by atoms with Crippen LogP contribution in [0.2, 0.25) is 0 Å². The van der Waals surface area contributed by atoms with Crippen LogP contribution in [0.4, 0.5) is 0 Å². The predicted molar refractivity (Wildman–Crippen MR) is 106 cm³/mol. The van der Waals surface area contributed by atoms with Gasteiger partial charge in [-0.2, -0.15) is 8.42 Å². The molecule has 0 radical (unpaired) electrons. The fourth-order valence-corrected chi connectivity index (χ4v) is 3.56. The summed E-state index contributed by atoms with van der Waals surface area (Å²) in [6, 6.07) is 11.6. The summed E-state index contributed by atoms with van der Waals surface area (Å²) in [5.41, 5.74) is 0.720. The van der Waals surface area contributed by atoms with Gasteiger partial charge in [-0.1, -0.05) is 63.6 Å². The molecule has 0 atom stereocenters. The summed E-state index contributed by atoms with van der Waals surface area (Å²) in [4.78, 5) is -0.545. The summed E-state index contributed by atoms with van der Waals surface area (Å²) in [7, 11) is -4.53. The molecule has 2 rings (SSSR count). The van der Waals surface area contributed by atoms with Crippen LogP contribution in [0.15, 0.2) is 47.4 Å². The molecular formula is C21H28O5S. The fraction of sp³-hybridized carbons (Fsp3) is 0.429. The molecular weight excluding hydrogens is 364 g/mol. The Morgan fingerprint density at radius 3 is 2.19 bits per heavy atom. The zero-order valence-electron chi connectivity index (χ0n) is 15.7. The Hall–Kier alpha value is -2.05. The molecule has 0 saturated carbocycles. The van der Waals surface area contributed by atoms with E-state index in [9.17, 15) is 18.1 Å². The molecule has 0 unspecified atom stereocenters. The third-order valence-corrected chi connectivity index (χ3v) is 5.32. The van der Waals surface area contributed by atoms with Gasteiger partial charge in [0.1, 0.15) is 22.1 Å². The average molecular weight is 393 g/mol. The molecule has 0 bridgehead atoms. The Morgan fingerprint density at radius 1 is 0.926 bits per heavy atom. The number of benzene rings is 2. The van der Waals surface area contributed by atoms with E-state index in [4.69, 9.17) is 4.74 Å². The lowest BCUT2D eigenvalue weighted by Gasteiger charge is -2.14. The minimum atomic E-state index is -4.53. The highest BCUT2D eigenvalue weighted by Gasteiger charge is 2.20. The maximum absolute atomic E-state index is 11.5. The van der Waals surface area contributed by atoms with E-state index in [-0.39, 0.29) is 0 Å². The third kappa shape index (κ3) is 6.88. The van der Waals surface area contributed by atoms with E-state index in [0.717, 1.165) is 24.8 Å². The second-order valence-corrected chi connectivity index (χ2v) is 8.08. The highest BCUT2D eigenvalue weighted by molar-refractivity contribution is 7.86. The van der Waals surface area contributed by atoms with Gasteiger partial charge in [0.2, 0.25) is 0 Å². The van der Waals surface area contributed by atoms with Gasteiger partial charge >= 0.3 is 0 Å². The van der Waals surface area contributed by atoms with Gasteiger partial charge in [0, 0.05) is 6.07 Å². The molecule has 0 spiro atoms. The first-order valence-electron chi connectivity index (χ1n) is 9.48. The lowest BCUT2D eigenvalue weighted by molar-refractivity contribution is 0.432. The van der Waals surface area contributed by atoms with E-state index in [1.54, 1.807) is 12.1 Å². The summed E-state index contributed by atoms with van der Waals surface area (Å²) in [5, 5.41) is 10.0. The summed E-state index contributed by atoms with van der Waals surface area (Å²) in [6.45, 7) is 2.19. The normalized spacial score (nSPS) is 11.5. The minimum absolute atomic E-state index is 0.331. The van der Waals surface area contributed by atoms with Crippen molar-refractivity contribution in [1.29, 1.82) is 0 Å². The molecule has 0 saturated heterocycles. The largest absolute Gasteiger partial charge is 0.506 e. The summed E-state index contributed by atoms with van der Waals surface area (Å²) >= 11 is 0. The number of hydrogen-bond acceptors (Lipinski definition) is 4. The third-order valence-electron chi connectivity index (χ3n) is 4.44. The molecule has 2 aromatic rings. The van der Waals surface area contributed by atoms with Crippen LogP contribution in [0.5, 0.6) is 17.2 Å². The zero-order chi connectivity index (χ0) is 19.7. The molecule has 0 aliphatic heterocycles. The number of rotatable bonds is 11. The van der Waals surface area contributed by atoms with E-state index in [0.29, 0.717) is 17.9 Å². The quantitative estimate of drug-likeness (QED) is 0.377. The van der Waals surface area contributed by atoms with Crippen molar-refractivity contribution in [1.82, 2.24) is 0 Å². The first-order chi connectivity index (χ1) is 12.9. The number of phenols is 1. The van der Waals surface area contributed by atoms with Crippen LogP contribution in [-0.4, -0.2) is 18.1 Å². The molecule has 0 aromatic heterocycles. The zero-order valence-corrected chi connectivity index (χ0v) is 16.5. The number of phenolic OH excluding ortho intramolecular Hbond substituents is 1. The first kappa shape index (κ1) is 21.3. The van der Waals surface area contributed by atoms with Gasteiger partial charge < -0.3 is 9.84 Å². The van der Waals surface area contributed by atoms with Crippen molar-refractivity contribution in [2.45, 2.75) is 63.2 Å². The SMILES string of the molecule is CCCCCCCCCc1cc(O)c(S(=O)(=O)O)cc1Oc1ccccc1. The molecule has 0 aliphatic carbocycles. The number of hydrogen-bond donors (Lipinski definition) is 2. The molecule has 5 nitrogen and oxygen atoms in total. The topological polar surface area (TPSA) is 83.8 Å². The van der Waals surface area contributed by atoms with Gasteiger partial charge in [-0.15, -0.1) is 0 Å². The lowest BCUT2D eigenvalue weighted by atomic mass is 10.0. The maximum Gasteiger partial charge on any atom is 0.298 e. The number of ether oxygens (including phenoxy) is 1. The smallest absolute Gasteiger partial charge is 0.298 e. The fourth-order valence-electron chi connectivity index (χ4n) is 2.98. The van der Waals surface area contributed by atoms with Crippen LogP contribution in [0.3, 0.4) is 0 Å². The van der Waals surface area contributed by atoms with Crippen molar-refractivity contribution in [3.05, 3.63) is 48.0 Å². The highest BCUT2D eigenvalue weighted by atomic mass is 32.2. The van der Waals surface area contributed by atoms with Crippen molar-refractivity contribution < 1.29 is 22.8 Å². The van der Waals surface area contributed by atoms with Gasteiger partial charge in [-0.3, -0.25) is 4.55 Å². The summed E-state index contributed by atoms with van der Waals surface area (Å²) in [5.74, 6) is 0.429. The monoisotopic (exact) mass is 392 g/mol. The van der Waals surface area contributed by atoms with Crippen LogP contribution in [-0.2, 0) is 16.5 Å². The Kier molecular flexibility index (Phi) is 8.13. The van der Waals surface area contributed by atoms with Crippen molar-refractivity contribution in [2.75, 3.05) is 0 Å². The van der Waals surface area contributed by atoms with E-state index < -0.39 is 20.8 Å². The van der Waals surface area contributed by atoms with Crippen LogP contribution in [0.1, 0.15) is 57.4 Å². The highest BCUT2D eigenvalue weighted by Crippen LogP contribution is 2.35. The van der Waals surface area contributed by atoms with Crippen molar-refractivity contribution in [3.63, 3.8) is 0 Å². The Balaban J connectivity index is 2.13. The average Bonchev–Trinajstić information content (AvgIpc) is 2.62. The van der Waals surface area contributed by atoms with Gasteiger partial charge in [0.25, 0.3) is 10.1 Å². The van der Waals surface area contributed by atoms with Crippen LogP contribution in [0, 0.1) is 0 Å². The second kappa shape index (κ2) is 10.3. The van der Waals surface area contributed by atoms with Crippen molar-refractivity contribution in [2.24, 2.45) is 0 Å². The van der Waals surface area contributed by atoms with E-state index in [2.05, 4.69) is 6.92 Å². The van der Waals surface area contributed by atoms with E-state index >= 15 is 0 Å². The minimum Gasteiger partial charge on any atom is -0.506 e. The molecule has 2 N–H and O–H groups in total. The van der Waals surface area contributed by atoms with Crippen molar-refractivity contribution >= 4 is 10.1 Å². The molecule has 6 heteroatoms. The summed E-state index contributed by atoms with van der Waals surface area (Å²) in [6.07, 6.45) is 8.76. The summed E-state index contributed by atoms with van der Waals surface area (Å²) < 4.78 is 38.1. The Morgan fingerprint density at radius 2 is 1.56 bits per heavy atom. The van der Waals surface area contributed by atoms with Crippen LogP contribution in [0.25, 0.3) is 0 Å². The Bertz CT molecular complexity index is 816. The Labute approximate surface area is 161 Å².